The summed E-state index contributed by atoms with van der Waals surface area (Å²) in [7, 11) is 0. The number of benzene rings is 2. The maximum absolute atomic E-state index is 15.0. The van der Waals surface area contributed by atoms with E-state index in [-0.39, 0.29) is 18.0 Å². The number of morpholine rings is 1. The predicted octanol–water partition coefficient (Wildman–Crippen LogP) is 4.67. The molecule has 9 heteroatoms. The second kappa shape index (κ2) is 10.7. The number of nitrogens with two attached hydrogens (primary N) is 1. The summed E-state index contributed by atoms with van der Waals surface area (Å²) in [5.74, 6) is 0.466. The number of anilines is 1. The van der Waals surface area contributed by atoms with Gasteiger partial charge in [0.2, 0.25) is 0 Å². The molecule has 0 aliphatic carbocycles. The van der Waals surface area contributed by atoms with Gasteiger partial charge in [-0.1, -0.05) is 18.2 Å². The molecule has 2 aliphatic rings. The van der Waals surface area contributed by atoms with Gasteiger partial charge < -0.3 is 24.8 Å². The van der Waals surface area contributed by atoms with Crippen molar-refractivity contribution in [3.05, 3.63) is 60.0 Å². The molecule has 3 N–H and O–H groups in total. The van der Waals surface area contributed by atoms with Crippen molar-refractivity contribution >= 4 is 16.6 Å². The number of rotatable bonds is 3. The number of aromatic nitrogens is 3. The Labute approximate surface area is 220 Å². The van der Waals surface area contributed by atoms with Crippen LogP contribution >= 0.6 is 0 Å². The summed E-state index contributed by atoms with van der Waals surface area (Å²) in [4.78, 5) is 6.86. The number of nitrogens with zero attached hydrogens (tertiary/aromatic N) is 3. The van der Waals surface area contributed by atoms with Gasteiger partial charge in [0.1, 0.15) is 17.3 Å². The summed E-state index contributed by atoms with van der Waals surface area (Å²) in [6.45, 7) is 5.45. The third kappa shape index (κ3) is 4.97. The average molecular weight is 518 g/mol. The zero-order valence-electron chi connectivity index (χ0n) is 21.5. The van der Waals surface area contributed by atoms with Gasteiger partial charge in [0.25, 0.3) is 0 Å². The third-order valence-corrected chi connectivity index (χ3v) is 7.10. The van der Waals surface area contributed by atoms with Crippen molar-refractivity contribution in [2.45, 2.75) is 38.5 Å². The lowest BCUT2D eigenvalue weighted by molar-refractivity contribution is 0.0319. The van der Waals surface area contributed by atoms with Crippen LogP contribution in [0.15, 0.2) is 48.7 Å². The van der Waals surface area contributed by atoms with Crippen molar-refractivity contribution in [2.24, 2.45) is 5.73 Å². The van der Waals surface area contributed by atoms with Gasteiger partial charge in [-0.15, -0.1) is 0 Å². The van der Waals surface area contributed by atoms with E-state index < -0.39 is 0 Å². The van der Waals surface area contributed by atoms with E-state index in [2.05, 4.69) is 32.2 Å². The van der Waals surface area contributed by atoms with E-state index in [0.717, 1.165) is 58.7 Å². The molecule has 2 atom stereocenters. The van der Waals surface area contributed by atoms with Gasteiger partial charge in [-0.25, -0.2) is 4.39 Å². The fraction of sp³-hybridized carbons (Fsp3) is 0.379. The Bertz CT molecular complexity index is 1440. The van der Waals surface area contributed by atoms with E-state index in [1.807, 2.05) is 25.1 Å². The number of halogens is 1. The first-order chi connectivity index (χ1) is 18.6. The maximum atomic E-state index is 15.0. The Hall–Kier alpha value is -3.53. The Morgan fingerprint density at radius 3 is 3.00 bits per heavy atom. The van der Waals surface area contributed by atoms with Gasteiger partial charge in [-0.05, 0) is 43.2 Å². The second-order valence-electron chi connectivity index (χ2n) is 10.1. The molecule has 1 saturated heterocycles. The molecule has 2 aromatic heterocycles. The summed E-state index contributed by atoms with van der Waals surface area (Å²) >= 11 is 0. The number of H-pyrrole nitrogens is 1. The first kappa shape index (κ1) is 24.8. The number of hydrogen-bond acceptors (Lipinski definition) is 7. The molecule has 8 nitrogen and oxygen atoms in total. The molecule has 1 fully saturated rings. The second-order valence-corrected chi connectivity index (χ2v) is 10.1. The highest BCUT2D eigenvalue weighted by Crippen LogP contribution is 2.37. The highest BCUT2D eigenvalue weighted by atomic mass is 19.1. The lowest BCUT2D eigenvalue weighted by Crippen LogP contribution is -2.44. The number of fused-ring (bicyclic) bond motifs is 6. The van der Waals surface area contributed by atoms with Crippen LogP contribution in [0.1, 0.15) is 25.3 Å². The van der Waals surface area contributed by atoms with E-state index in [1.165, 1.54) is 6.07 Å². The van der Waals surface area contributed by atoms with Gasteiger partial charge in [0.05, 0.1) is 55.6 Å². The van der Waals surface area contributed by atoms with Gasteiger partial charge in [-0.2, -0.15) is 5.10 Å². The van der Waals surface area contributed by atoms with Gasteiger partial charge >= 0.3 is 0 Å². The SMILES string of the molecule is CC(N)CC1CN(c2ccc3cc2OCCCOCc2cccc(F)c2-c2cc4c-3n[nH]c4cn2)CCO1. The topological polar surface area (TPSA) is 98.5 Å². The Kier molecular flexibility index (Phi) is 6.97. The molecule has 2 aliphatic heterocycles. The number of pyridine rings is 1. The normalized spacial score (nSPS) is 18.9. The lowest BCUT2D eigenvalue weighted by atomic mass is 10.0. The van der Waals surface area contributed by atoms with Crippen LogP contribution in [0.4, 0.5) is 10.1 Å². The summed E-state index contributed by atoms with van der Waals surface area (Å²) in [5.41, 5.74) is 11.3. The molecule has 2 unspecified atom stereocenters. The Morgan fingerprint density at radius 2 is 2.11 bits per heavy atom. The van der Waals surface area contributed by atoms with Crippen molar-refractivity contribution < 1.29 is 18.6 Å². The first-order valence-electron chi connectivity index (χ1n) is 13.2. The molecule has 2 aromatic carbocycles. The number of ether oxygens (including phenoxy) is 3. The van der Waals surface area contributed by atoms with Crippen LogP contribution in [0.25, 0.3) is 33.4 Å². The number of aromatic amines is 1. The molecule has 38 heavy (non-hydrogen) atoms. The van der Waals surface area contributed by atoms with Crippen LogP contribution < -0.4 is 15.4 Å². The summed E-state index contributed by atoms with van der Waals surface area (Å²) in [6, 6.07) is 13.2. The van der Waals surface area contributed by atoms with E-state index in [0.29, 0.717) is 44.1 Å². The molecule has 198 valence electrons. The van der Waals surface area contributed by atoms with Gasteiger partial charge in [-0.3, -0.25) is 10.1 Å². The zero-order valence-corrected chi connectivity index (χ0v) is 21.5. The van der Waals surface area contributed by atoms with E-state index in [1.54, 1.807) is 12.3 Å². The fourth-order valence-electron chi connectivity index (χ4n) is 5.31. The quantitative estimate of drug-likeness (QED) is 0.407. The van der Waals surface area contributed by atoms with Crippen LogP contribution in [-0.2, 0) is 16.1 Å². The van der Waals surface area contributed by atoms with Crippen molar-refractivity contribution in [2.75, 3.05) is 37.8 Å². The van der Waals surface area contributed by atoms with Crippen LogP contribution in [0.2, 0.25) is 0 Å². The highest BCUT2D eigenvalue weighted by Gasteiger charge is 2.25. The van der Waals surface area contributed by atoms with Crippen molar-refractivity contribution in [3.8, 4) is 28.3 Å². The minimum Gasteiger partial charge on any atom is -0.491 e. The molecule has 4 heterocycles. The molecular weight excluding hydrogens is 485 g/mol. The lowest BCUT2D eigenvalue weighted by Gasteiger charge is -2.36. The van der Waals surface area contributed by atoms with Crippen molar-refractivity contribution in [1.82, 2.24) is 15.2 Å². The van der Waals surface area contributed by atoms with Crippen LogP contribution in [-0.4, -0.2) is 60.2 Å². The molecule has 0 amide bonds. The number of nitrogens with one attached hydrogen (secondary N) is 1. The summed E-state index contributed by atoms with van der Waals surface area (Å²) in [6.07, 6.45) is 3.29. The molecule has 6 rings (SSSR count). The largest absolute Gasteiger partial charge is 0.491 e. The first-order valence-corrected chi connectivity index (χ1v) is 13.2. The smallest absolute Gasteiger partial charge is 0.143 e. The molecule has 0 radical (unpaired) electrons. The monoisotopic (exact) mass is 517 g/mol. The average Bonchev–Trinajstić information content (AvgIpc) is 3.33. The molecule has 4 aromatic rings. The van der Waals surface area contributed by atoms with Gasteiger partial charge in [0.15, 0.2) is 0 Å². The minimum atomic E-state index is -0.324. The van der Waals surface area contributed by atoms with Crippen LogP contribution in [0, 0.1) is 5.82 Å². The Balaban J connectivity index is 1.42. The summed E-state index contributed by atoms with van der Waals surface area (Å²) in [5, 5.41) is 8.54. The molecule has 4 bridgehead atoms. The number of hydrogen-bond donors (Lipinski definition) is 2. The fourth-order valence-corrected chi connectivity index (χ4v) is 5.31. The standard InChI is InChI=1S/C29H32FN5O3/c1-18(31)12-21-16-35(8-11-37-21)26-7-6-19-13-27(26)38-10-3-9-36-17-20-4-2-5-23(30)28(20)24-14-22-25(15-32-24)33-34-29(19)22/h2,4-7,13-15,18,21H,3,8-12,16-17,31H2,1H3,(H,33,34). The zero-order chi connectivity index (χ0) is 26.1. The van der Waals surface area contributed by atoms with Crippen LogP contribution in [0.3, 0.4) is 0 Å². The van der Waals surface area contributed by atoms with E-state index >= 15 is 4.39 Å². The van der Waals surface area contributed by atoms with Gasteiger partial charge in [0, 0.05) is 42.1 Å². The summed E-state index contributed by atoms with van der Waals surface area (Å²) < 4.78 is 33.3. The highest BCUT2D eigenvalue weighted by molar-refractivity contribution is 5.95. The Morgan fingerprint density at radius 1 is 1.18 bits per heavy atom. The van der Waals surface area contributed by atoms with Crippen LogP contribution in [0.5, 0.6) is 5.75 Å². The van der Waals surface area contributed by atoms with E-state index in [9.17, 15) is 0 Å². The maximum Gasteiger partial charge on any atom is 0.143 e. The van der Waals surface area contributed by atoms with Crippen molar-refractivity contribution in [3.63, 3.8) is 0 Å². The molecule has 0 saturated carbocycles. The predicted molar refractivity (Wildman–Crippen MR) is 145 cm³/mol. The molecule has 0 spiro atoms. The minimum absolute atomic E-state index is 0.0765. The third-order valence-electron chi connectivity index (χ3n) is 7.10. The van der Waals surface area contributed by atoms with E-state index in [4.69, 9.17) is 19.9 Å². The molecular formula is C29H32FN5O3. The van der Waals surface area contributed by atoms with Crippen molar-refractivity contribution in [1.29, 1.82) is 0 Å².